The van der Waals surface area contributed by atoms with E-state index >= 15 is 0 Å². The SMILES string of the molecule is COC(=O)C(NC(C)C)c1cc(Br)c2c(c1)OCCCO2. The molecule has 0 aromatic heterocycles. The zero-order chi connectivity index (χ0) is 15.4. The van der Waals surface area contributed by atoms with Gasteiger partial charge in [-0.3, -0.25) is 5.32 Å². The number of carbonyl (C=O) groups excluding carboxylic acids is 1. The molecule has 1 heterocycles. The second-order valence-corrected chi connectivity index (χ2v) is 6.01. The predicted molar refractivity (Wildman–Crippen MR) is 82.8 cm³/mol. The van der Waals surface area contributed by atoms with Gasteiger partial charge in [-0.15, -0.1) is 0 Å². The van der Waals surface area contributed by atoms with E-state index in [9.17, 15) is 4.79 Å². The minimum atomic E-state index is -0.538. The highest BCUT2D eigenvalue weighted by atomic mass is 79.9. The number of halogens is 1. The number of hydrogen-bond donors (Lipinski definition) is 1. The van der Waals surface area contributed by atoms with Crippen LogP contribution in [0.5, 0.6) is 11.5 Å². The lowest BCUT2D eigenvalue weighted by molar-refractivity contribution is -0.143. The van der Waals surface area contributed by atoms with Gasteiger partial charge in [0, 0.05) is 12.5 Å². The largest absolute Gasteiger partial charge is 0.490 e. The van der Waals surface area contributed by atoms with E-state index in [0.717, 1.165) is 16.5 Å². The highest BCUT2D eigenvalue weighted by Gasteiger charge is 2.25. The third-order valence-electron chi connectivity index (χ3n) is 3.09. The molecule has 0 spiro atoms. The summed E-state index contributed by atoms with van der Waals surface area (Å²) >= 11 is 3.49. The fraction of sp³-hybridized carbons (Fsp3) is 0.533. The highest BCUT2D eigenvalue weighted by Crippen LogP contribution is 2.39. The van der Waals surface area contributed by atoms with Crippen LogP contribution in [0.25, 0.3) is 0 Å². The molecule has 0 fully saturated rings. The first-order valence-corrected chi connectivity index (χ1v) is 7.75. The Bertz CT molecular complexity index is 519. The van der Waals surface area contributed by atoms with E-state index < -0.39 is 6.04 Å². The number of hydrogen-bond acceptors (Lipinski definition) is 5. The van der Waals surface area contributed by atoms with Crippen LogP contribution in [0, 0.1) is 0 Å². The molecule has 0 aliphatic carbocycles. The normalized spacial score (nSPS) is 15.5. The smallest absolute Gasteiger partial charge is 0.327 e. The molecule has 0 amide bonds. The van der Waals surface area contributed by atoms with E-state index in [1.165, 1.54) is 7.11 Å². The van der Waals surface area contributed by atoms with Gasteiger partial charge in [-0.25, -0.2) is 4.79 Å². The molecule has 21 heavy (non-hydrogen) atoms. The number of methoxy groups -OCH3 is 1. The van der Waals surface area contributed by atoms with Crippen LogP contribution in [-0.2, 0) is 9.53 Å². The van der Waals surface area contributed by atoms with Crippen molar-refractivity contribution < 1.29 is 19.0 Å². The first kappa shape index (κ1) is 16.1. The van der Waals surface area contributed by atoms with Crippen molar-refractivity contribution in [2.24, 2.45) is 0 Å². The Morgan fingerprint density at radius 1 is 1.33 bits per heavy atom. The maximum Gasteiger partial charge on any atom is 0.327 e. The van der Waals surface area contributed by atoms with E-state index in [1.54, 1.807) is 0 Å². The van der Waals surface area contributed by atoms with E-state index in [4.69, 9.17) is 14.2 Å². The number of ether oxygens (including phenoxy) is 3. The predicted octanol–water partition coefficient (Wildman–Crippen LogP) is 2.82. The van der Waals surface area contributed by atoms with Gasteiger partial charge < -0.3 is 14.2 Å². The number of nitrogens with one attached hydrogen (secondary N) is 1. The van der Waals surface area contributed by atoms with Crippen LogP contribution in [0.3, 0.4) is 0 Å². The number of fused-ring (bicyclic) bond motifs is 1. The lowest BCUT2D eigenvalue weighted by atomic mass is 10.1. The van der Waals surface area contributed by atoms with Crippen LogP contribution < -0.4 is 14.8 Å². The van der Waals surface area contributed by atoms with Crippen molar-refractivity contribution in [1.29, 1.82) is 0 Å². The Kier molecular flexibility index (Phi) is 5.47. The molecule has 0 saturated carbocycles. The van der Waals surface area contributed by atoms with Gasteiger partial charge in [0.2, 0.25) is 0 Å². The van der Waals surface area contributed by atoms with Crippen molar-refractivity contribution in [2.75, 3.05) is 20.3 Å². The maximum atomic E-state index is 12.0. The summed E-state index contributed by atoms with van der Waals surface area (Å²) < 4.78 is 17.0. The van der Waals surface area contributed by atoms with Crippen molar-refractivity contribution in [1.82, 2.24) is 5.32 Å². The standard InChI is InChI=1S/C15H20BrNO4/c1-9(2)17-13(15(18)19-3)10-7-11(16)14-12(8-10)20-5-4-6-21-14/h7-9,13,17H,4-6H2,1-3H3. The Balaban J connectivity index is 2.39. The summed E-state index contributed by atoms with van der Waals surface area (Å²) in [5.74, 6) is 1.01. The summed E-state index contributed by atoms with van der Waals surface area (Å²) in [6.45, 7) is 5.18. The Morgan fingerprint density at radius 3 is 2.71 bits per heavy atom. The van der Waals surface area contributed by atoms with E-state index in [-0.39, 0.29) is 12.0 Å². The van der Waals surface area contributed by atoms with E-state index in [1.807, 2.05) is 26.0 Å². The zero-order valence-electron chi connectivity index (χ0n) is 12.4. The average Bonchev–Trinajstić information content (AvgIpc) is 2.69. The molecule has 2 rings (SSSR count). The van der Waals surface area contributed by atoms with Gasteiger partial charge in [-0.1, -0.05) is 0 Å². The molecule has 0 saturated heterocycles. The molecule has 1 N–H and O–H groups in total. The van der Waals surface area contributed by atoms with Gasteiger partial charge in [0.15, 0.2) is 11.5 Å². The van der Waals surface area contributed by atoms with Crippen molar-refractivity contribution in [3.05, 3.63) is 22.2 Å². The molecule has 5 nitrogen and oxygen atoms in total. The maximum absolute atomic E-state index is 12.0. The number of carbonyl (C=O) groups is 1. The summed E-state index contributed by atoms with van der Waals surface area (Å²) in [5.41, 5.74) is 0.784. The van der Waals surface area contributed by atoms with Crippen LogP contribution in [-0.4, -0.2) is 32.3 Å². The lowest BCUT2D eigenvalue weighted by Gasteiger charge is -2.21. The van der Waals surface area contributed by atoms with Gasteiger partial charge in [-0.2, -0.15) is 0 Å². The fourth-order valence-electron chi connectivity index (χ4n) is 2.17. The monoisotopic (exact) mass is 357 g/mol. The fourth-order valence-corrected chi connectivity index (χ4v) is 2.74. The second kappa shape index (κ2) is 7.13. The molecule has 116 valence electrons. The molecule has 6 heteroatoms. The zero-order valence-corrected chi connectivity index (χ0v) is 14.0. The highest BCUT2D eigenvalue weighted by molar-refractivity contribution is 9.10. The molecule has 1 aromatic rings. The topological polar surface area (TPSA) is 56.8 Å². The van der Waals surface area contributed by atoms with Gasteiger partial charge in [0.1, 0.15) is 6.04 Å². The summed E-state index contributed by atoms with van der Waals surface area (Å²) in [6, 6.07) is 3.31. The number of rotatable bonds is 4. The first-order chi connectivity index (χ1) is 10.0. The van der Waals surface area contributed by atoms with E-state index in [2.05, 4.69) is 21.2 Å². The molecule has 0 radical (unpaired) electrons. The van der Waals surface area contributed by atoms with Crippen LogP contribution in [0.15, 0.2) is 16.6 Å². The third-order valence-corrected chi connectivity index (χ3v) is 3.68. The lowest BCUT2D eigenvalue weighted by Crippen LogP contribution is -2.34. The molecule has 1 aliphatic heterocycles. The van der Waals surface area contributed by atoms with Crippen LogP contribution >= 0.6 is 15.9 Å². The van der Waals surface area contributed by atoms with Crippen LogP contribution in [0.2, 0.25) is 0 Å². The van der Waals surface area contributed by atoms with Crippen molar-refractivity contribution in [3.63, 3.8) is 0 Å². The van der Waals surface area contributed by atoms with Gasteiger partial charge in [0.05, 0.1) is 24.8 Å². The Hall–Kier alpha value is -1.27. The molecule has 1 unspecified atom stereocenters. The molecule has 1 atom stereocenters. The Morgan fingerprint density at radius 2 is 2.05 bits per heavy atom. The molecule has 1 aromatic carbocycles. The Labute approximate surface area is 133 Å². The first-order valence-electron chi connectivity index (χ1n) is 6.96. The van der Waals surface area contributed by atoms with Gasteiger partial charge in [-0.05, 0) is 47.5 Å². The quantitative estimate of drug-likeness (QED) is 0.839. The average molecular weight is 358 g/mol. The van der Waals surface area contributed by atoms with Crippen molar-refractivity contribution in [3.8, 4) is 11.5 Å². The summed E-state index contributed by atoms with van der Waals surface area (Å²) in [5, 5.41) is 3.20. The van der Waals surface area contributed by atoms with Crippen LogP contribution in [0.1, 0.15) is 31.9 Å². The second-order valence-electron chi connectivity index (χ2n) is 5.16. The third kappa shape index (κ3) is 3.89. The van der Waals surface area contributed by atoms with E-state index in [0.29, 0.717) is 24.7 Å². The summed E-state index contributed by atoms with van der Waals surface area (Å²) in [4.78, 5) is 12.0. The molecular formula is C15H20BrNO4. The van der Waals surface area contributed by atoms with Gasteiger partial charge >= 0.3 is 5.97 Å². The number of esters is 1. The van der Waals surface area contributed by atoms with Crippen molar-refractivity contribution >= 4 is 21.9 Å². The molecular weight excluding hydrogens is 338 g/mol. The number of benzene rings is 1. The van der Waals surface area contributed by atoms with Gasteiger partial charge in [0.25, 0.3) is 0 Å². The minimum absolute atomic E-state index is 0.142. The molecule has 0 bridgehead atoms. The summed E-state index contributed by atoms with van der Waals surface area (Å²) in [6.07, 6.45) is 0.834. The van der Waals surface area contributed by atoms with Crippen LogP contribution in [0.4, 0.5) is 0 Å². The van der Waals surface area contributed by atoms with Crippen molar-refractivity contribution in [2.45, 2.75) is 32.4 Å². The molecule has 1 aliphatic rings. The summed E-state index contributed by atoms with van der Waals surface area (Å²) in [7, 11) is 1.38. The minimum Gasteiger partial charge on any atom is -0.490 e.